The SMILES string of the molecule is CC[SiH]1CCCCO1.C[SiH]1CCCCO1. The first kappa shape index (κ1) is 13.4. The molecule has 15 heavy (non-hydrogen) atoms. The zero-order chi connectivity index (χ0) is 10.9. The molecule has 0 aromatic heterocycles. The van der Waals surface area contributed by atoms with E-state index in [9.17, 15) is 0 Å². The van der Waals surface area contributed by atoms with Crippen LogP contribution in [0.5, 0.6) is 0 Å². The van der Waals surface area contributed by atoms with Crippen molar-refractivity contribution in [1.29, 1.82) is 0 Å². The molecule has 2 nitrogen and oxygen atoms in total. The topological polar surface area (TPSA) is 18.5 Å². The molecule has 0 spiro atoms. The average Bonchev–Trinajstić information content (AvgIpc) is 2.32. The number of hydrogen-bond donors (Lipinski definition) is 0. The van der Waals surface area contributed by atoms with E-state index in [4.69, 9.17) is 8.85 Å². The van der Waals surface area contributed by atoms with Crippen LogP contribution < -0.4 is 0 Å². The molecular weight excluding hydrogens is 220 g/mol. The molecule has 0 radical (unpaired) electrons. The summed E-state index contributed by atoms with van der Waals surface area (Å²) < 4.78 is 11.0. The molecule has 2 rings (SSSR count). The monoisotopic (exact) mass is 246 g/mol. The predicted molar refractivity (Wildman–Crippen MR) is 70.6 cm³/mol. The van der Waals surface area contributed by atoms with E-state index in [2.05, 4.69) is 13.5 Å². The van der Waals surface area contributed by atoms with E-state index in [1.807, 2.05) is 0 Å². The summed E-state index contributed by atoms with van der Waals surface area (Å²) in [5, 5.41) is 0. The van der Waals surface area contributed by atoms with Crippen molar-refractivity contribution in [3.05, 3.63) is 0 Å². The van der Waals surface area contributed by atoms with Crippen LogP contribution in [-0.4, -0.2) is 31.3 Å². The Kier molecular flexibility index (Phi) is 7.60. The molecule has 2 saturated heterocycles. The molecule has 90 valence electrons. The van der Waals surface area contributed by atoms with E-state index < -0.39 is 18.1 Å². The molecule has 2 heterocycles. The van der Waals surface area contributed by atoms with Crippen LogP contribution in [0.4, 0.5) is 0 Å². The molecule has 0 amide bonds. The standard InChI is InChI=1S/C6H14OSi.C5H12OSi/c1-2-8-6-4-3-5-7-8;1-7-5-3-2-4-6-7/h8H,2-6H2,1H3;7H,2-5H2,1H3. The Morgan fingerprint density at radius 2 is 1.60 bits per heavy atom. The summed E-state index contributed by atoms with van der Waals surface area (Å²) in [6.07, 6.45) is 5.47. The Bertz CT molecular complexity index is 144. The fourth-order valence-electron chi connectivity index (χ4n) is 2.03. The van der Waals surface area contributed by atoms with Gasteiger partial charge in [-0.15, -0.1) is 0 Å². The fraction of sp³-hybridized carbons (Fsp3) is 1.00. The van der Waals surface area contributed by atoms with Crippen molar-refractivity contribution in [3.8, 4) is 0 Å². The molecule has 2 fully saturated rings. The summed E-state index contributed by atoms with van der Waals surface area (Å²) in [5.74, 6) is 0. The minimum absolute atomic E-state index is 0.595. The highest BCUT2D eigenvalue weighted by Crippen LogP contribution is 2.12. The molecule has 0 saturated carbocycles. The van der Waals surface area contributed by atoms with Gasteiger partial charge in [-0.1, -0.05) is 19.8 Å². The van der Waals surface area contributed by atoms with Gasteiger partial charge in [-0.3, -0.25) is 0 Å². The van der Waals surface area contributed by atoms with E-state index in [1.54, 1.807) is 0 Å². The van der Waals surface area contributed by atoms with E-state index in [0.29, 0.717) is 0 Å². The van der Waals surface area contributed by atoms with E-state index >= 15 is 0 Å². The first-order valence-electron chi connectivity index (χ1n) is 6.56. The van der Waals surface area contributed by atoms with Gasteiger partial charge in [-0.25, -0.2) is 0 Å². The lowest BCUT2D eigenvalue weighted by atomic mass is 10.4. The summed E-state index contributed by atoms with van der Waals surface area (Å²) in [6.45, 7) is 6.64. The third-order valence-corrected chi connectivity index (χ3v) is 7.83. The smallest absolute Gasteiger partial charge is 0.176 e. The second-order valence-electron chi connectivity index (χ2n) is 4.57. The van der Waals surface area contributed by atoms with Crippen molar-refractivity contribution in [2.45, 2.75) is 57.3 Å². The number of rotatable bonds is 1. The summed E-state index contributed by atoms with van der Waals surface area (Å²) in [5.41, 5.74) is 0. The molecule has 2 aliphatic heterocycles. The van der Waals surface area contributed by atoms with Crippen LogP contribution >= 0.6 is 0 Å². The lowest BCUT2D eigenvalue weighted by molar-refractivity contribution is 0.287. The third-order valence-electron chi connectivity index (χ3n) is 3.14. The van der Waals surface area contributed by atoms with Gasteiger partial charge >= 0.3 is 0 Å². The molecule has 0 N–H and O–H groups in total. The summed E-state index contributed by atoms with van der Waals surface area (Å²) in [7, 11) is -1.20. The van der Waals surface area contributed by atoms with Gasteiger partial charge in [0.1, 0.15) is 0 Å². The highest BCUT2D eigenvalue weighted by atomic mass is 28.3. The Hall–Kier alpha value is 0.354. The van der Waals surface area contributed by atoms with Gasteiger partial charge in [0.15, 0.2) is 18.1 Å². The maximum Gasteiger partial charge on any atom is 0.176 e. The van der Waals surface area contributed by atoms with Gasteiger partial charge < -0.3 is 8.85 Å². The number of hydrogen-bond acceptors (Lipinski definition) is 2. The van der Waals surface area contributed by atoms with Gasteiger partial charge in [0, 0.05) is 13.2 Å². The lowest BCUT2D eigenvalue weighted by Gasteiger charge is -2.18. The Morgan fingerprint density at radius 3 is 1.87 bits per heavy atom. The van der Waals surface area contributed by atoms with Crippen molar-refractivity contribution in [2.75, 3.05) is 13.2 Å². The van der Waals surface area contributed by atoms with Crippen LogP contribution in [0.25, 0.3) is 0 Å². The van der Waals surface area contributed by atoms with Crippen molar-refractivity contribution in [1.82, 2.24) is 0 Å². The molecule has 0 aromatic rings. The average molecular weight is 246 g/mol. The van der Waals surface area contributed by atoms with E-state index in [1.165, 1.54) is 43.8 Å². The third kappa shape index (κ3) is 6.50. The van der Waals surface area contributed by atoms with E-state index in [0.717, 1.165) is 13.2 Å². The van der Waals surface area contributed by atoms with Gasteiger partial charge in [0.25, 0.3) is 0 Å². The van der Waals surface area contributed by atoms with Gasteiger partial charge in [0.2, 0.25) is 0 Å². The Balaban J connectivity index is 0.000000151. The Labute approximate surface area is 97.8 Å². The van der Waals surface area contributed by atoms with Crippen LogP contribution in [0.2, 0.25) is 24.7 Å². The first-order valence-corrected chi connectivity index (χ1v) is 11.1. The van der Waals surface area contributed by atoms with Crippen molar-refractivity contribution < 1.29 is 8.85 Å². The molecule has 2 atom stereocenters. The predicted octanol–water partition coefficient (Wildman–Crippen LogP) is 2.69. The quantitative estimate of drug-likeness (QED) is 0.662. The second kappa shape index (κ2) is 8.50. The minimum atomic E-state index is -0.605. The molecule has 0 bridgehead atoms. The second-order valence-corrected chi connectivity index (χ2v) is 10.1. The molecular formula is C11H26O2Si2. The molecule has 2 unspecified atom stereocenters. The molecule has 2 aliphatic rings. The zero-order valence-electron chi connectivity index (χ0n) is 10.3. The van der Waals surface area contributed by atoms with Crippen molar-refractivity contribution in [3.63, 3.8) is 0 Å². The highest BCUT2D eigenvalue weighted by molar-refractivity contribution is 6.51. The molecule has 4 heteroatoms. The normalized spacial score (nSPS) is 31.6. The van der Waals surface area contributed by atoms with Crippen LogP contribution in [0, 0.1) is 0 Å². The fourth-order valence-corrected chi connectivity index (χ4v) is 5.69. The summed E-state index contributed by atoms with van der Waals surface area (Å²) in [4.78, 5) is 0. The zero-order valence-corrected chi connectivity index (χ0v) is 12.6. The Morgan fingerprint density at radius 1 is 0.933 bits per heavy atom. The van der Waals surface area contributed by atoms with Crippen LogP contribution in [0.1, 0.15) is 32.6 Å². The van der Waals surface area contributed by atoms with Crippen LogP contribution in [0.3, 0.4) is 0 Å². The van der Waals surface area contributed by atoms with Gasteiger partial charge in [-0.2, -0.15) is 0 Å². The van der Waals surface area contributed by atoms with Crippen LogP contribution in [-0.2, 0) is 8.85 Å². The van der Waals surface area contributed by atoms with Crippen molar-refractivity contribution in [2.24, 2.45) is 0 Å². The molecule has 0 aromatic carbocycles. The van der Waals surface area contributed by atoms with Gasteiger partial charge in [-0.05, 0) is 37.5 Å². The summed E-state index contributed by atoms with van der Waals surface area (Å²) >= 11 is 0. The minimum Gasteiger partial charge on any atom is -0.420 e. The highest BCUT2D eigenvalue weighted by Gasteiger charge is 2.12. The maximum absolute atomic E-state index is 5.57. The van der Waals surface area contributed by atoms with Gasteiger partial charge in [0.05, 0.1) is 0 Å². The molecule has 0 aliphatic carbocycles. The van der Waals surface area contributed by atoms with Crippen molar-refractivity contribution >= 4 is 18.1 Å². The summed E-state index contributed by atoms with van der Waals surface area (Å²) in [6, 6.07) is 4.16. The van der Waals surface area contributed by atoms with Crippen LogP contribution in [0.15, 0.2) is 0 Å². The lowest BCUT2D eigenvalue weighted by Crippen LogP contribution is -2.21. The van der Waals surface area contributed by atoms with E-state index in [-0.39, 0.29) is 0 Å². The first-order chi connectivity index (χ1) is 7.33. The largest absolute Gasteiger partial charge is 0.420 e. The maximum atomic E-state index is 5.57.